The van der Waals surface area contributed by atoms with Gasteiger partial charge in [-0.1, -0.05) is 20.3 Å². The van der Waals surface area contributed by atoms with E-state index in [4.69, 9.17) is 4.52 Å². The molecule has 4 nitrogen and oxygen atoms in total. The Morgan fingerprint density at radius 2 is 1.60 bits per heavy atom. The highest BCUT2D eigenvalue weighted by Gasteiger charge is 2.41. The van der Waals surface area contributed by atoms with E-state index in [0.717, 1.165) is 12.8 Å². The van der Waals surface area contributed by atoms with E-state index in [2.05, 4.69) is 13.8 Å². The highest BCUT2D eigenvalue weighted by Crippen LogP contribution is 2.55. The lowest BCUT2D eigenvalue weighted by Gasteiger charge is -2.39. The van der Waals surface area contributed by atoms with Crippen molar-refractivity contribution in [2.45, 2.75) is 79.0 Å². The van der Waals surface area contributed by atoms with Crippen LogP contribution in [0.4, 0.5) is 0 Å². The first kappa shape index (κ1) is 17.7. The van der Waals surface area contributed by atoms with Gasteiger partial charge < -0.3 is 4.52 Å². The number of rotatable bonds is 5. The first-order valence-electron chi connectivity index (χ1n) is 7.71. The van der Waals surface area contributed by atoms with Gasteiger partial charge in [-0.05, 0) is 52.4 Å². The van der Waals surface area contributed by atoms with E-state index < -0.39 is 7.52 Å². The van der Waals surface area contributed by atoms with Crippen molar-refractivity contribution in [3.8, 4) is 5.81 Å². The van der Waals surface area contributed by atoms with Crippen molar-refractivity contribution in [2.24, 2.45) is 11.8 Å². The zero-order valence-electron chi connectivity index (χ0n) is 13.7. The molecular formula is C15H29N2O2P. The maximum atomic E-state index is 13.1. The number of hydrogen-bond donors (Lipinski definition) is 0. The van der Waals surface area contributed by atoms with Crippen molar-refractivity contribution in [3.63, 3.8) is 0 Å². The van der Waals surface area contributed by atoms with Gasteiger partial charge >= 0.3 is 7.52 Å². The first-order valence-corrected chi connectivity index (χ1v) is 9.29. The lowest BCUT2D eigenvalue weighted by Crippen LogP contribution is -2.38. The number of nitriles is 1. The third-order valence-corrected chi connectivity index (χ3v) is 6.51. The van der Waals surface area contributed by atoms with Gasteiger partial charge in [-0.25, -0.2) is 4.67 Å². The highest BCUT2D eigenvalue weighted by atomic mass is 31.2. The number of nitrogens with zero attached hydrogens (tertiary/aromatic N) is 2. The van der Waals surface area contributed by atoms with Crippen molar-refractivity contribution in [2.75, 3.05) is 0 Å². The van der Waals surface area contributed by atoms with Gasteiger partial charge in [0.15, 0.2) is 5.81 Å². The molecule has 0 spiro atoms. The molecule has 1 aliphatic rings. The van der Waals surface area contributed by atoms with Crippen molar-refractivity contribution >= 4 is 7.52 Å². The van der Waals surface area contributed by atoms with Crippen LogP contribution in [0.2, 0.25) is 0 Å². The van der Waals surface area contributed by atoms with Gasteiger partial charge in [0.2, 0.25) is 0 Å². The summed E-state index contributed by atoms with van der Waals surface area (Å²) in [5.74, 6) is 2.71. The molecule has 20 heavy (non-hydrogen) atoms. The van der Waals surface area contributed by atoms with Crippen molar-refractivity contribution < 1.29 is 9.09 Å². The topological polar surface area (TPSA) is 53.3 Å². The summed E-state index contributed by atoms with van der Waals surface area (Å²) in [5, 5.41) is 9.48. The van der Waals surface area contributed by atoms with Crippen LogP contribution in [0.25, 0.3) is 0 Å². The van der Waals surface area contributed by atoms with E-state index in [9.17, 15) is 9.83 Å². The molecule has 5 heteroatoms. The van der Waals surface area contributed by atoms with Gasteiger partial charge in [0.1, 0.15) is 0 Å². The fraction of sp³-hybridized carbons (Fsp3) is 0.933. The zero-order valence-corrected chi connectivity index (χ0v) is 14.6. The first-order chi connectivity index (χ1) is 9.23. The molecule has 116 valence electrons. The van der Waals surface area contributed by atoms with Crippen LogP contribution in [0, 0.1) is 22.9 Å². The van der Waals surface area contributed by atoms with Crippen LogP contribution in [0.5, 0.6) is 0 Å². The van der Waals surface area contributed by atoms with Crippen LogP contribution in [-0.2, 0) is 9.09 Å². The van der Waals surface area contributed by atoms with Crippen molar-refractivity contribution in [1.29, 1.82) is 5.26 Å². The minimum absolute atomic E-state index is 0.0229. The summed E-state index contributed by atoms with van der Waals surface area (Å²) in [6.45, 7) is 12.1. The second-order valence-corrected chi connectivity index (χ2v) is 8.56. The Kier molecular flexibility index (Phi) is 6.25. The lowest BCUT2D eigenvalue weighted by atomic mass is 9.81. The molecule has 0 radical (unpaired) electrons. The van der Waals surface area contributed by atoms with Gasteiger partial charge in [-0.15, -0.1) is 0 Å². The standard InChI is InChI=1S/C15H29N2O2P/c1-11(2)17(12(3)4)20(18,10-16)19-15-13(5)8-7-9-14(15)6/h11-15H,7-9H2,1-6H3. The predicted octanol–water partition coefficient (Wildman–Crippen LogP) is 4.62. The van der Waals surface area contributed by atoms with Crippen molar-refractivity contribution in [1.82, 2.24) is 4.67 Å². The molecule has 3 unspecified atom stereocenters. The molecule has 0 aromatic rings. The Hall–Kier alpha value is -0.360. The normalized spacial score (nSPS) is 30.5. The second-order valence-electron chi connectivity index (χ2n) is 6.64. The largest absolute Gasteiger partial charge is 0.371 e. The van der Waals surface area contributed by atoms with Gasteiger partial charge in [0.25, 0.3) is 0 Å². The summed E-state index contributed by atoms with van der Waals surface area (Å²) >= 11 is 0. The average molecular weight is 300 g/mol. The van der Waals surface area contributed by atoms with E-state index in [0.29, 0.717) is 11.8 Å². The molecule has 0 amide bonds. The van der Waals surface area contributed by atoms with Gasteiger partial charge in [0, 0.05) is 12.1 Å². The van der Waals surface area contributed by atoms with Gasteiger partial charge in [-0.2, -0.15) is 5.26 Å². The van der Waals surface area contributed by atoms with Crippen LogP contribution in [0.15, 0.2) is 0 Å². The molecule has 1 aliphatic carbocycles. The Labute approximate surface area is 124 Å². The summed E-state index contributed by atoms with van der Waals surface area (Å²) in [6, 6.07) is 0.0457. The summed E-state index contributed by atoms with van der Waals surface area (Å²) in [6.07, 6.45) is 3.29. The molecule has 1 fully saturated rings. The quantitative estimate of drug-likeness (QED) is 0.695. The van der Waals surface area contributed by atoms with Crippen LogP contribution in [-0.4, -0.2) is 22.9 Å². The molecule has 0 N–H and O–H groups in total. The van der Waals surface area contributed by atoms with Gasteiger partial charge in [0.05, 0.1) is 6.10 Å². The van der Waals surface area contributed by atoms with Crippen LogP contribution >= 0.6 is 7.52 Å². The maximum Gasteiger partial charge on any atom is 0.371 e. The molecule has 0 aromatic carbocycles. The molecule has 0 aromatic heterocycles. The van der Waals surface area contributed by atoms with E-state index >= 15 is 0 Å². The van der Waals surface area contributed by atoms with E-state index in [1.54, 1.807) is 4.67 Å². The Bertz CT molecular complexity index is 385. The smallest absolute Gasteiger partial charge is 0.303 e. The second kappa shape index (κ2) is 7.07. The molecule has 3 atom stereocenters. The summed E-state index contributed by atoms with van der Waals surface area (Å²) in [7, 11) is -3.43. The summed E-state index contributed by atoms with van der Waals surface area (Å²) in [5.41, 5.74) is 0. The molecule has 0 heterocycles. The number of hydrogen-bond acceptors (Lipinski definition) is 3. The molecule has 0 bridgehead atoms. The van der Waals surface area contributed by atoms with Crippen molar-refractivity contribution in [3.05, 3.63) is 0 Å². The Morgan fingerprint density at radius 3 is 1.95 bits per heavy atom. The molecule has 1 rings (SSSR count). The van der Waals surface area contributed by atoms with Crippen LogP contribution < -0.4 is 0 Å². The Morgan fingerprint density at radius 1 is 1.15 bits per heavy atom. The lowest BCUT2D eigenvalue weighted by molar-refractivity contribution is 0.0467. The highest BCUT2D eigenvalue weighted by molar-refractivity contribution is 7.61. The Balaban J connectivity index is 2.99. The summed E-state index contributed by atoms with van der Waals surface area (Å²) < 4.78 is 20.8. The molecule has 0 aliphatic heterocycles. The molecule has 0 saturated heterocycles. The minimum Gasteiger partial charge on any atom is -0.303 e. The minimum atomic E-state index is -3.43. The fourth-order valence-corrected chi connectivity index (χ4v) is 5.58. The average Bonchev–Trinajstić information content (AvgIpc) is 2.33. The van der Waals surface area contributed by atoms with E-state index in [1.165, 1.54) is 6.42 Å². The van der Waals surface area contributed by atoms with Crippen LogP contribution in [0.1, 0.15) is 60.8 Å². The fourth-order valence-electron chi connectivity index (χ4n) is 3.36. The maximum absolute atomic E-state index is 13.1. The SMILES string of the molecule is CC1CCCC(C)C1OP(=O)(C#N)N(C(C)C)C(C)C. The third-order valence-electron chi connectivity index (χ3n) is 4.19. The van der Waals surface area contributed by atoms with E-state index in [1.807, 2.05) is 33.5 Å². The van der Waals surface area contributed by atoms with Gasteiger partial charge in [-0.3, -0.25) is 4.57 Å². The third kappa shape index (κ3) is 3.85. The predicted molar refractivity (Wildman–Crippen MR) is 82.4 cm³/mol. The molecule has 1 saturated carbocycles. The zero-order chi connectivity index (χ0) is 15.5. The molecular weight excluding hydrogens is 271 g/mol. The monoisotopic (exact) mass is 300 g/mol. The van der Waals surface area contributed by atoms with E-state index in [-0.39, 0.29) is 18.2 Å². The van der Waals surface area contributed by atoms with Crippen LogP contribution in [0.3, 0.4) is 0 Å². The summed E-state index contributed by atoms with van der Waals surface area (Å²) in [4.78, 5) is 0.